The Labute approximate surface area is 67.1 Å². The summed E-state index contributed by atoms with van der Waals surface area (Å²) in [7, 11) is 1.67. The van der Waals surface area contributed by atoms with Crippen LogP contribution >= 0.6 is 0 Å². The van der Waals surface area contributed by atoms with Gasteiger partial charge in [-0.1, -0.05) is 6.92 Å². The molecule has 0 radical (unpaired) electrons. The second kappa shape index (κ2) is 2.81. The molecule has 0 aromatic carbocycles. The Morgan fingerprint density at radius 3 is 2.82 bits per heavy atom. The van der Waals surface area contributed by atoms with Gasteiger partial charge in [0.25, 0.3) is 0 Å². The van der Waals surface area contributed by atoms with E-state index in [9.17, 15) is 4.79 Å². The van der Waals surface area contributed by atoms with Gasteiger partial charge in [0.05, 0.1) is 6.61 Å². The van der Waals surface area contributed by atoms with Gasteiger partial charge in [-0.3, -0.25) is 4.79 Å². The van der Waals surface area contributed by atoms with E-state index in [0.29, 0.717) is 13.0 Å². The molecule has 2 unspecified atom stereocenters. The topological polar surface area (TPSA) is 38.3 Å². The van der Waals surface area contributed by atoms with Crippen LogP contribution in [0.4, 0.5) is 0 Å². The summed E-state index contributed by atoms with van der Waals surface area (Å²) < 4.78 is 5.06. The van der Waals surface area contributed by atoms with E-state index in [-0.39, 0.29) is 17.4 Å². The monoisotopic (exact) mass is 157 g/mol. The summed E-state index contributed by atoms with van der Waals surface area (Å²) in [5.41, 5.74) is -0.00810. The van der Waals surface area contributed by atoms with Crippen molar-refractivity contribution >= 4 is 5.91 Å². The van der Waals surface area contributed by atoms with Crippen molar-refractivity contribution in [3.05, 3.63) is 0 Å². The lowest BCUT2D eigenvalue weighted by atomic mass is 9.84. The number of ether oxygens (including phenoxy) is 1. The Morgan fingerprint density at radius 2 is 2.45 bits per heavy atom. The molecule has 1 aliphatic rings. The minimum Gasteiger partial charge on any atom is -0.384 e. The fraction of sp³-hybridized carbons (Fsp3) is 0.875. The molecule has 1 amide bonds. The van der Waals surface area contributed by atoms with Crippen LogP contribution in [0.25, 0.3) is 0 Å². The Morgan fingerprint density at radius 1 is 1.82 bits per heavy atom. The van der Waals surface area contributed by atoms with E-state index in [4.69, 9.17) is 4.74 Å². The largest absolute Gasteiger partial charge is 0.384 e. The predicted molar refractivity (Wildman–Crippen MR) is 42.2 cm³/mol. The van der Waals surface area contributed by atoms with Crippen LogP contribution in [0.2, 0.25) is 0 Å². The Kier molecular flexibility index (Phi) is 2.18. The number of carbonyl (C=O) groups excluding carboxylic acids is 1. The highest BCUT2D eigenvalue weighted by molar-refractivity contribution is 5.79. The summed E-state index contributed by atoms with van der Waals surface area (Å²) in [5, 5.41) is 2.87. The summed E-state index contributed by atoms with van der Waals surface area (Å²) in [6, 6.07) is 0.231. The van der Waals surface area contributed by atoms with Gasteiger partial charge in [-0.25, -0.2) is 0 Å². The third kappa shape index (κ3) is 1.53. The van der Waals surface area contributed by atoms with Crippen LogP contribution in [0.15, 0.2) is 0 Å². The summed E-state index contributed by atoms with van der Waals surface area (Å²) in [4.78, 5) is 11.0. The van der Waals surface area contributed by atoms with Gasteiger partial charge < -0.3 is 10.1 Å². The summed E-state index contributed by atoms with van der Waals surface area (Å²) in [6.45, 7) is 4.73. The van der Waals surface area contributed by atoms with E-state index in [2.05, 4.69) is 12.2 Å². The van der Waals surface area contributed by atoms with Crippen LogP contribution in [0.1, 0.15) is 20.3 Å². The van der Waals surface area contributed by atoms with Crippen molar-refractivity contribution in [3.63, 3.8) is 0 Å². The van der Waals surface area contributed by atoms with Crippen LogP contribution in [-0.4, -0.2) is 25.7 Å². The van der Waals surface area contributed by atoms with Gasteiger partial charge in [-0.15, -0.1) is 0 Å². The summed E-state index contributed by atoms with van der Waals surface area (Å²) >= 11 is 0. The lowest BCUT2D eigenvalue weighted by molar-refractivity contribution is -0.119. The Hall–Kier alpha value is -0.570. The first-order chi connectivity index (χ1) is 5.08. The third-order valence-electron chi connectivity index (χ3n) is 2.46. The molecule has 1 fully saturated rings. The van der Waals surface area contributed by atoms with E-state index in [0.717, 1.165) is 0 Å². The molecule has 1 saturated heterocycles. The second-order valence-electron chi connectivity index (χ2n) is 3.55. The first-order valence-electron chi connectivity index (χ1n) is 3.87. The van der Waals surface area contributed by atoms with Crippen LogP contribution in [-0.2, 0) is 9.53 Å². The van der Waals surface area contributed by atoms with Gasteiger partial charge in [0.15, 0.2) is 0 Å². The van der Waals surface area contributed by atoms with Crippen molar-refractivity contribution in [3.8, 4) is 0 Å². The zero-order valence-corrected chi connectivity index (χ0v) is 7.31. The van der Waals surface area contributed by atoms with E-state index in [1.165, 1.54) is 0 Å². The lowest BCUT2D eigenvalue weighted by Crippen LogP contribution is -2.35. The van der Waals surface area contributed by atoms with Crippen molar-refractivity contribution in [2.45, 2.75) is 26.3 Å². The Balaban J connectivity index is 2.62. The number of hydrogen-bond donors (Lipinski definition) is 1. The molecule has 0 aromatic rings. The first-order valence-corrected chi connectivity index (χ1v) is 3.87. The fourth-order valence-electron chi connectivity index (χ4n) is 1.49. The second-order valence-corrected chi connectivity index (χ2v) is 3.55. The van der Waals surface area contributed by atoms with E-state index < -0.39 is 0 Å². The third-order valence-corrected chi connectivity index (χ3v) is 2.46. The van der Waals surface area contributed by atoms with E-state index in [1.54, 1.807) is 7.11 Å². The number of carbonyl (C=O) groups is 1. The zero-order chi connectivity index (χ0) is 8.48. The molecule has 11 heavy (non-hydrogen) atoms. The molecule has 2 atom stereocenters. The predicted octanol–water partition coefficient (Wildman–Crippen LogP) is 0.547. The molecule has 0 aliphatic carbocycles. The summed E-state index contributed by atoms with van der Waals surface area (Å²) in [6.07, 6.45) is 0.585. The molecular formula is C8H15NO2. The van der Waals surface area contributed by atoms with Crippen molar-refractivity contribution in [1.29, 1.82) is 0 Å². The normalized spacial score (nSPS) is 37.4. The van der Waals surface area contributed by atoms with Crippen molar-refractivity contribution < 1.29 is 9.53 Å². The van der Waals surface area contributed by atoms with Crippen LogP contribution in [0.3, 0.4) is 0 Å². The molecule has 1 heterocycles. The Bertz CT molecular complexity index is 169. The SMILES string of the molecule is COCC1(C)CC(=O)NC1C. The maximum atomic E-state index is 11.0. The molecule has 3 nitrogen and oxygen atoms in total. The number of nitrogens with one attached hydrogen (secondary N) is 1. The molecular weight excluding hydrogens is 142 g/mol. The number of rotatable bonds is 2. The van der Waals surface area contributed by atoms with Crippen LogP contribution < -0.4 is 5.32 Å². The molecule has 0 bridgehead atoms. The van der Waals surface area contributed by atoms with Crippen molar-refractivity contribution in [2.75, 3.05) is 13.7 Å². The van der Waals surface area contributed by atoms with Crippen molar-refractivity contribution in [2.24, 2.45) is 5.41 Å². The van der Waals surface area contributed by atoms with Gasteiger partial charge >= 0.3 is 0 Å². The molecule has 1 rings (SSSR count). The molecule has 0 aromatic heterocycles. The minimum atomic E-state index is -0.00810. The molecule has 0 spiro atoms. The zero-order valence-electron chi connectivity index (χ0n) is 7.31. The maximum Gasteiger partial charge on any atom is 0.220 e. The molecule has 64 valence electrons. The molecule has 1 N–H and O–H groups in total. The van der Waals surface area contributed by atoms with E-state index in [1.807, 2.05) is 6.92 Å². The van der Waals surface area contributed by atoms with Gasteiger partial charge in [0, 0.05) is 25.0 Å². The summed E-state index contributed by atoms with van der Waals surface area (Å²) in [5.74, 6) is 0.136. The van der Waals surface area contributed by atoms with Gasteiger partial charge in [0.2, 0.25) is 5.91 Å². The number of methoxy groups -OCH3 is 1. The molecule has 1 aliphatic heterocycles. The number of hydrogen-bond acceptors (Lipinski definition) is 2. The molecule has 0 saturated carbocycles. The highest BCUT2D eigenvalue weighted by Crippen LogP contribution is 2.31. The van der Waals surface area contributed by atoms with Gasteiger partial charge in [-0.05, 0) is 6.92 Å². The highest BCUT2D eigenvalue weighted by Gasteiger charge is 2.40. The minimum absolute atomic E-state index is 0.00810. The smallest absolute Gasteiger partial charge is 0.220 e. The molecule has 3 heteroatoms. The number of amides is 1. The van der Waals surface area contributed by atoms with Crippen molar-refractivity contribution in [1.82, 2.24) is 5.32 Å². The fourth-order valence-corrected chi connectivity index (χ4v) is 1.49. The average Bonchev–Trinajstić information content (AvgIpc) is 2.08. The van der Waals surface area contributed by atoms with Gasteiger partial charge in [0.1, 0.15) is 0 Å². The quantitative estimate of drug-likeness (QED) is 0.635. The average molecular weight is 157 g/mol. The first kappa shape index (κ1) is 8.53. The lowest BCUT2D eigenvalue weighted by Gasteiger charge is -2.25. The van der Waals surface area contributed by atoms with Crippen LogP contribution in [0, 0.1) is 5.41 Å². The van der Waals surface area contributed by atoms with Gasteiger partial charge in [-0.2, -0.15) is 0 Å². The highest BCUT2D eigenvalue weighted by atomic mass is 16.5. The van der Waals surface area contributed by atoms with E-state index >= 15 is 0 Å². The van der Waals surface area contributed by atoms with Crippen LogP contribution in [0.5, 0.6) is 0 Å². The maximum absolute atomic E-state index is 11.0. The standard InChI is InChI=1S/C8H15NO2/c1-6-8(2,5-11-3)4-7(10)9-6/h6H,4-5H2,1-3H3,(H,9,10).